The molecule has 0 atom stereocenters. The van der Waals surface area contributed by atoms with E-state index in [-0.39, 0.29) is 12.4 Å². The maximum Gasteiger partial charge on any atom is 0.411 e. The molecule has 0 aliphatic carbocycles. The van der Waals surface area contributed by atoms with Crippen molar-refractivity contribution in [2.24, 2.45) is 0 Å². The number of nitriles is 1. The Morgan fingerprint density at radius 2 is 2.21 bits per heavy atom. The number of nitrogens with zero attached hydrogens (tertiary/aromatic N) is 2. The van der Waals surface area contributed by atoms with E-state index in [4.69, 9.17) is 5.26 Å². The van der Waals surface area contributed by atoms with E-state index < -0.39 is 12.8 Å². The summed E-state index contributed by atoms with van der Waals surface area (Å²) >= 11 is 0. The Morgan fingerprint density at radius 3 is 2.79 bits per heavy atom. The van der Waals surface area contributed by atoms with Gasteiger partial charge < -0.3 is 9.30 Å². The van der Waals surface area contributed by atoms with Crippen molar-refractivity contribution in [3.05, 3.63) is 24.0 Å². The standard InChI is InChI=1S/C8H7F3N2O/c9-8(10,11)5-14-6-13-3-1-2-7(13)4-12/h1-3H,5-6H2. The van der Waals surface area contributed by atoms with Gasteiger partial charge in [-0.25, -0.2) is 0 Å². The highest BCUT2D eigenvalue weighted by Crippen LogP contribution is 2.14. The normalized spacial score (nSPS) is 11.3. The van der Waals surface area contributed by atoms with Crippen molar-refractivity contribution in [1.29, 1.82) is 5.26 Å². The first-order valence-electron chi connectivity index (χ1n) is 3.72. The summed E-state index contributed by atoms with van der Waals surface area (Å²) in [5, 5.41) is 8.52. The summed E-state index contributed by atoms with van der Waals surface area (Å²) in [5.74, 6) is 0. The van der Waals surface area contributed by atoms with E-state index in [0.29, 0.717) is 0 Å². The molecule has 14 heavy (non-hydrogen) atoms. The third-order valence-electron chi connectivity index (χ3n) is 1.44. The van der Waals surface area contributed by atoms with Crippen LogP contribution in [0.4, 0.5) is 13.2 Å². The van der Waals surface area contributed by atoms with Gasteiger partial charge in [-0.05, 0) is 12.1 Å². The number of hydrogen-bond donors (Lipinski definition) is 0. The number of ether oxygens (including phenoxy) is 1. The molecule has 1 heterocycles. The summed E-state index contributed by atoms with van der Waals surface area (Å²) in [6, 6.07) is 4.89. The maximum atomic E-state index is 11.7. The van der Waals surface area contributed by atoms with Crippen LogP contribution in [-0.2, 0) is 11.5 Å². The number of aromatic nitrogens is 1. The lowest BCUT2D eigenvalue weighted by Crippen LogP contribution is -2.18. The van der Waals surface area contributed by atoms with Crippen LogP contribution in [-0.4, -0.2) is 17.4 Å². The number of halogens is 3. The van der Waals surface area contributed by atoms with Gasteiger partial charge in [0.2, 0.25) is 0 Å². The van der Waals surface area contributed by atoms with Crippen LogP contribution in [0.1, 0.15) is 5.69 Å². The lowest BCUT2D eigenvalue weighted by molar-refractivity contribution is -0.181. The first kappa shape index (κ1) is 10.6. The summed E-state index contributed by atoms with van der Waals surface area (Å²) < 4.78 is 40.7. The molecule has 0 unspecified atom stereocenters. The van der Waals surface area contributed by atoms with E-state index in [1.807, 2.05) is 6.07 Å². The molecule has 1 aromatic heterocycles. The Hall–Kier alpha value is -1.48. The Morgan fingerprint density at radius 1 is 1.50 bits per heavy atom. The average Bonchev–Trinajstić information content (AvgIpc) is 2.49. The van der Waals surface area contributed by atoms with Crippen molar-refractivity contribution in [1.82, 2.24) is 4.57 Å². The molecule has 76 valence electrons. The molecule has 3 nitrogen and oxygen atoms in total. The first-order chi connectivity index (χ1) is 6.53. The van der Waals surface area contributed by atoms with Crippen LogP contribution < -0.4 is 0 Å². The Bertz CT molecular complexity index is 337. The smallest absolute Gasteiger partial charge is 0.351 e. The molecular formula is C8H7F3N2O. The summed E-state index contributed by atoms with van der Waals surface area (Å²) in [6.07, 6.45) is -2.85. The van der Waals surface area contributed by atoms with E-state index in [0.717, 1.165) is 0 Å². The van der Waals surface area contributed by atoms with E-state index in [1.54, 1.807) is 6.07 Å². The van der Waals surface area contributed by atoms with Gasteiger partial charge in [-0.3, -0.25) is 0 Å². The molecule has 0 radical (unpaired) electrons. The van der Waals surface area contributed by atoms with Crippen molar-refractivity contribution < 1.29 is 17.9 Å². The van der Waals surface area contributed by atoms with Crippen LogP contribution in [0.3, 0.4) is 0 Å². The second kappa shape index (κ2) is 4.15. The number of alkyl halides is 3. The van der Waals surface area contributed by atoms with Crippen molar-refractivity contribution in [3.63, 3.8) is 0 Å². The summed E-state index contributed by atoms with van der Waals surface area (Å²) in [6.45, 7) is -1.58. The molecule has 0 amide bonds. The lowest BCUT2D eigenvalue weighted by Gasteiger charge is -2.08. The third kappa shape index (κ3) is 3.11. The van der Waals surface area contributed by atoms with Crippen LogP contribution in [0, 0.1) is 11.3 Å². The zero-order valence-electron chi connectivity index (χ0n) is 7.08. The summed E-state index contributed by atoms with van der Waals surface area (Å²) in [7, 11) is 0. The minimum atomic E-state index is -4.33. The Labute approximate surface area is 78.3 Å². The van der Waals surface area contributed by atoms with Gasteiger partial charge in [-0.15, -0.1) is 0 Å². The highest BCUT2D eigenvalue weighted by molar-refractivity contribution is 5.21. The predicted molar refractivity (Wildman–Crippen MR) is 41.2 cm³/mol. The minimum Gasteiger partial charge on any atom is -0.351 e. The van der Waals surface area contributed by atoms with Crippen LogP contribution >= 0.6 is 0 Å². The van der Waals surface area contributed by atoms with E-state index in [2.05, 4.69) is 4.74 Å². The maximum absolute atomic E-state index is 11.7. The molecule has 0 bridgehead atoms. The number of hydrogen-bond acceptors (Lipinski definition) is 2. The molecule has 0 spiro atoms. The molecule has 0 saturated carbocycles. The molecule has 1 rings (SSSR count). The fourth-order valence-electron chi connectivity index (χ4n) is 0.888. The molecular weight excluding hydrogens is 197 g/mol. The second-order valence-corrected chi connectivity index (χ2v) is 2.57. The monoisotopic (exact) mass is 204 g/mol. The van der Waals surface area contributed by atoms with Gasteiger partial charge >= 0.3 is 6.18 Å². The van der Waals surface area contributed by atoms with Gasteiger partial charge in [0, 0.05) is 6.20 Å². The van der Waals surface area contributed by atoms with Gasteiger partial charge in [0.05, 0.1) is 0 Å². The van der Waals surface area contributed by atoms with Crippen LogP contribution in [0.5, 0.6) is 0 Å². The average molecular weight is 204 g/mol. The van der Waals surface area contributed by atoms with Gasteiger partial charge in [0.1, 0.15) is 25.1 Å². The van der Waals surface area contributed by atoms with Gasteiger partial charge in [0.15, 0.2) is 0 Å². The summed E-state index contributed by atoms with van der Waals surface area (Å²) in [5.41, 5.74) is 0.271. The zero-order chi connectivity index (χ0) is 10.6. The molecule has 0 aliphatic heterocycles. The molecule has 0 N–H and O–H groups in total. The van der Waals surface area contributed by atoms with Crippen LogP contribution in [0.2, 0.25) is 0 Å². The Balaban J connectivity index is 2.43. The van der Waals surface area contributed by atoms with E-state index in [9.17, 15) is 13.2 Å². The predicted octanol–water partition coefficient (Wildman–Crippen LogP) is 1.90. The third-order valence-corrected chi connectivity index (χ3v) is 1.44. The van der Waals surface area contributed by atoms with Crippen LogP contribution in [0.15, 0.2) is 18.3 Å². The zero-order valence-corrected chi connectivity index (χ0v) is 7.08. The molecule has 0 saturated heterocycles. The molecule has 0 aromatic carbocycles. The van der Waals surface area contributed by atoms with E-state index >= 15 is 0 Å². The van der Waals surface area contributed by atoms with Crippen LogP contribution in [0.25, 0.3) is 0 Å². The van der Waals surface area contributed by atoms with Gasteiger partial charge in [-0.1, -0.05) is 0 Å². The van der Waals surface area contributed by atoms with Gasteiger partial charge in [-0.2, -0.15) is 18.4 Å². The highest BCUT2D eigenvalue weighted by atomic mass is 19.4. The topological polar surface area (TPSA) is 38.0 Å². The fraction of sp³-hybridized carbons (Fsp3) is 0.375. The van der Waals surface area contributed by atoms with Crippen molar-refractivity contribution in [2.45, 2.75) is 12.9 Å². The molecule has 0 fully saturated rings. The van der Waals surface area contributed by atoms with E-state index in [1.165, 1.54) is 16.8 Å². The second-order valence-electron chi connectivity index (χ2n) is 2.57. The number of rotatable bonds is 3. The first-order valence-corrected chi connectivity index (χ1v) is 3.72. The van der Waals surface area contributed by atoms with Crippen molar-refractivity contribution in [3.8, 4) is 6.07 Å². The molecule has 6 heteroatoms. The SMILES string of the molecule is N#Cc1cccn1COCC(F)(F)F. The van der Waals surface area contributed by atoms with Crippen molar-refractivity contribution in [2.75, 3.05) is 6.61 Å². The summed E-state index contributed by atoms with van der Waals surface area (Å²) in [4.78, 5) is 0. The highest BCUT2D eigenvalue weighted by Gasteiger charge is 2.27. The largest absolute Gasteiger partial charge is 0.411 e. The minimum absolute atomic E-state index is 0.268. The van der Waals surface area contributed by atoms with Gasteiger partial charge in [0.25, 0.3) is 0 Å². The fourth-order valence-corrected chi connectivity index (χ4v) is 0.888. The lowest BCUT2D eigenvalue weighted by atomic mass is 10.5. The van der Waals surface area contributed by atoms with Crippen molar-refractivity contribution >= 4 is 0 Å². The Kier molecular flexibility index (Phi) is 3.14. The molecule has 1 aromatic rings. The molecule has 0 aliphatic rings. The quantitative estimate of drug-likeness (QED) is 0.754.